The Balaban J connectivity index is 1.65. The molecule has 0 aromatic heterocycles. The van der Waals surface area contributed by atoms with E-state index >= 15 is 0 Å². The molecule has 0 fully saturated rings. The van der Waals surface area contributed by atoms with Crippen molar-refractivity contribution in [3.8, 4) is 5.75 Å². The van der Waals surface area contributed by atoms with Crippen LogP contribution in [-0.4, -0.2) is 32.2 Å². The standard InChI is InChI=1S/C13H17Cl2N3O/c14-10-3-4-12(11(15)9-10)19-8-2-7-18-13-16-5-1-6-17-13/h3-4,9H,1-2,5-8H2,(H2,16,17,18). The third kappa shape index (κ3) is 4.80. The Morgan fingerprint density at radius 1 is 1.37 bits per heavy atom. The molecule has 19 heavy (non-hydrogen) atoms. The normalized spacial score (nSPS) is 14.5. The van der Waals surface area contributed by atoms with Gasteiger partial charge in [0.15, 0.2) is 5.96 Å². The fourth-order valence-electron chi connectivity index (χ4n) is 1.70. The summed E-state index contributed by atoms with van der Waals surface area (Å²) < 4.78 is 5.59. The largest absolute Gasteiger partial charge is 0.492 e. The highest BCUT2D eigenvalue weighted by Crippen LogP contribution is 2.27. The maximum Gasteiger partial charge on any atom is 0.191 e. The molecule has 1 aromatic carbocycles. The van der Waals surface area contributed by atoms with Crippen molar-refractivity contribution in [2.75, 3.05) is 26.2 Å². The molecule has 2 N–H and O–H groups in total. The molecule has 0 saturated carbocycles. The minimum Gasteiger partial charge on any atom is -0.492 e. The van der Waals surface area contributed by atoms with E-state index in [1.807, 2.05) is 0 Å². The van der Waals surface area contributed by atoms with E-state index in [1.54, 1.807) is 18.2 Å². The zero-order valence-electron chi connectivity index (χ0n) is 10.6. The Labute approximate surface area is 123 Å². The van der Waals surface area contributed by atoms with Crippen LogP contribution in [0.15, 0.2) is 23.2 Å². The van der Waals surface area contributed by atoms with Crippen molar-refractivity contribution in [1.82, 2.24) is 10.6 Å². The summed E-state index contributed by atoms with van der Waals surface area (Å²) >= 11 is 11.8. The molecule has 0 aliphatic carbocycles. The summed E-state index contributed by atoms with van der Waals surface area (Å²) in [4.78, 5) is 4.33. The summed E-state index contributed by atoms with van der Waals surface area (Å²) in [6.07, 6.45) is 1.98. The van der Waals surface area contributed by atoms with E-state index in [9.17, 15) is 0 Å². The minimum absolute atomic E-state index is 0.541. The minimum atomic E-state index is 0.541. The van der Waals surface area contributed by atoms with E-state index in [1.165, 1.54) is 0 Å². The first-order valence-electron chi connectivity index (χ1n) is 6.36. The van der Waals surface area contributed by atoms with Gasteiger partial charge in [-0.2, -0.15) is 0 Å². The molecular weight excluding hydrogens is 285 g/mol. The third-order valence-electron chi connectivity index (χ3n) is 2.66. The summed E-state index contributed by atoms with van der Waals surface area (Å²) in [7, 11) is 0. The Bertz CT molecular complexity index is 452. The lowest BCUT2D eigenvalue weighted by molar-refractivity contribution is 0.311. The Hall–Kier alpha value is -1.13. The predicted octanol–water partition coefficient (Wildman–Crippen LogP) is 2.70. The number of benzene rings is 1. The molecule has 2 rings (SSSR count). The van der Waals surface area contributed by atoms with Crippen LogP contribution in [0.4, 0.5) is 0 Å². The highest BCUT2D eigenvalue weighted by Gasteiger charge is 2.03. The Kier molecular flexibility index (Phi) is 5.61. The lowest BCUT2D eigenvalue weighted by atomic mass is 10.3. The van der Waals surface area contributed by atoms with Gasteiger partial charge in [-0.3, -0.25) is 4.99 Å². The molecular formula is C13H17Cl2N3O. The monoisotopic (exact) mass is 301 g/mol. The van der Waals surface area contributed by atoms with Crippen LogP contribution < -0.4 is 15.4 Å². The molecule has 1 aromatic rings. The number of nitrogens with one attached hydrogen (secondary N) is 2. The van der Waals surface area contributed by atoms with E-state index in [4.69, 9.17) is 27.9 Å². The van der Waals surface area contributed by atoms with Gasteiger partial charge in [0.2, 0.25) is 0 Å². The second-order valence-corrected chi connectivity index (χ2v) is 5.06. The highest BCUT2D eigenvalue weighted by molar-refractivity contribution is 6.35. The van der Waals surface area contributed by atoms with Crippen molar-refractivity contribution >= 4 is 29.2 Å². The van der Waals surface area contributed by atoms with Crippen LogP contribution in [0.2, 0.25) is 10.0 Å². The van der Waals surface area contributed by atoms with Crippen molar-refractivity contribution in [3.63, 3.8) is 0 Å². The molecule has 1 aliphatic rings. The molecule has 0 atom stereocenters. The Morgan fingerprint density at radius 3 is 3.00 bits per heavy atom. The molecule has 0 bridgehead atoms. The lowest BCUT2D eigenvalue weighted by Gasteiger charge is -2.16. The van der Waals surface area contributed by atoms with Gasteiger partial charge >= 0.3 is 0 Å². The summed E-state index contributed by atoms with van der Waals surface area (Å²) in [5.41, 5.74) is 0. The van der Waals surface area contributed by atoms with Crippen molar-refractivity contribution < 1.29 is 4.74 Å². The molecule has 0 radical (unpaired) electrons. The smallest absolute Gasteiger partial charge is 0.191 e. The van der Waals surface area contributed by atoms with Crippen LogP contribution in [0.3, 0.4) is 0 Å². The van der Waals surface area contributed by atoms with Gasteiger partial charge in [-0.1, -0.05) is 23.2 Å². The summed E-state index contributed by atoms with van der Waals surface area (Å²) in [5.74, 6) is 1.55. The van der Waals surface area contributed by atoms with Crippen molar-refractivity contribution in [3.05, 3.63) is 28.2 Å². The molecule has 0 amide bonds. The summed E-state index contributed by atoms with van der Waals surface area (Å²) in [6.45, 7) is 3.30. The topological polar surface area (TPSA) is 45.6 Å². The van der Waals surface area contributed by atoms with Crippen LogP contribution in [-0.2, 0) is 0 Å². The molecule has 1 aliphatic heterocycles. The average Bonchev–Trinajstić information content (AvgIpc) is 2.42. The van der Waals surface area contributed by atoms with E-state index in [-0.39, 0.29) is 0 Å². The van der Waals surface area contributed by atoms with Crippen molar-refractivity contribution in [2.24, 2.45) is 4.99 Å². The zero-order chi connectivity index (χ0) is 13.5. The van der Waals surface area contributed by atoms with Crippen LogP contribution in [0.1, 0.15) is 12.8 Å². The molecule has 6 heteroatoms. The number of ether oxygens (including phenoxy) is 1. The molecule has 1 heterocycles. The SMILES string of the molecule is Clc1ccc(OCCCNC2=NCCCN2)c(Cl)c1. The number of hydrogen-bond acceptors (Lipinski definition) is 4. The fourth-order valence-corrected chi connectivity index (χ4v) is 2.17. The van der Waals surface area contributed by atoms with Crippen molar-refractivity contribution in [2.45, 2.75) is 12.8 Å². The van der Waals surface area contributed by atoms with Gasteiger partial charge in [0, 0.05) is 24.7 Å². The molecule has 0 saturated heterocycles. The number of aliphatic imine (C=N–C) groups is 1. The zero-order valence-corrected chi connectivity index (χ0v) is 12.1. The number of nitrogens with zero attached hydrogens (tertiary/aromatic N) is 1. The molecule has 104 valence electrons. The van der Waals surface area contributed by atoms with Gasteiger partial charge in [0.05, 0.1) is 11.6 Å². The van der Waals surface area contributed by atoms with Gasteiger partial charge in [-0.15, -0.1) is 0 Å². The maximum absolute atomic E-state index is 6.01. The van der Waals surface area contributed by atoms with Gasteiger partial charge in [0.1, 0.15) is 5.75 Å². The van der Waals surface area contributed by atoms with Crippen LogP contribution in [0.5, 0.6) is 5.75 Å². The number of rotatable bonds is 5. The molecule has 4 nitrogen and oxygen atoms in total. The average molecular weight is 302 g/mol. The van der Waals surface area contributed by atoms with Crippen molar-refractivity contribution in [1.29, 1.82) is 0 Å². The number of guanidine groups is 1. The van der Waals surface area contributed by atoms with E-state index in [2.05, 4.69) is 15.6 Å². The van der Waals surface area contributed by atoms with Crippen LogP contribution in [0.25, 0.3) is 0 Å². The highest BCUT2D eigenvalue weighted by atomic mass is 35.5. The second kappa shape index (κ2) is 7.46. The first-order valence-corrected chi connectivity index (χ1v) is 7.11. The van der Waals surface area contributed by atoms with Crippen LogP contribution in [0, 0.1) is 0 Å². The number of hydrogen-bond donors (Lipinski definition) is 2. The lowest BCUT2D eigenvalue weighted by Crippen LogP contribution is -2.41. The predicted molar refractivity (Wildman–Crippen MR) is 79.5 cm³/mol. The first kappa shape index (κ1) is 14.3. The molecule has 0 spiro atoms. The Morgan fingerprint density at radius 2 is 2.26 bits per heavy atom. The van der Waals surface area contributed by atoms with Gasteiger partial charge < -0.3 is 15.4 Å². The van der Waals surface area contributed by atoms with E-state index < -0.39 is 0 Å². The second-order valence-electron chi connectivity index (χ2n) is 4.21. The van der Waals surface area contributed by atoms with Gasteiger partial charge in [-0.25, -0.2) is 0 Å². The molecule has 0 unspecified atom stereocenters. The number of halogens is 2. The van der Waals surface area contributed by atoms with Gasteiger partial charge in [-0.05, 0) is 31.0 Å². The summed E-state index contributed by atoms with van der Waals surface area (Å²) in [5, 5.41) is 7.59. The van der Waals surface area contributed by atoms with Gasteiger partial charge in [0.25, 0.3) is 0 Å². The van der Waals surface area contributed by atoms with E-state index in [0.29, 0.717) is 22.4 Å². The first-order chi connectivity index (χ1) is 9.25. The van der Waals surface area contributed by atoms with E-state index in [0.717, 1.165) is 38.4 Å². The maximum atomic E-state index is 6.01. The third-order valence-corrected chi connectivity index (χ3v) is 3.19. The van der Waals surface area contributed by atoms with Crippen LogP contribution >= 0.6 is 23.2 Å². The summed E-state index contributed by atoms with van der Waals surface area (Å²) in [6, 6.07) is 5.23. The quantitative estimate of drug-likeness (QED) is 0.822. The fraction of sp³-hybridized carbons (Fsp3) is 0.462.